The van der Waals surface area contributed by atoms with Gasteiger partial charge in [0.1, 0.15) is 6.61 Å². The van der Waals surface area contributed by atoms with Gasteiger partial charge < -0.3 is 14.7 Å². The number of aliphatic hydroxyl groups is 1. The molecule has 0 bridgehead atoms. The van der Waals surface area contributed by atoms with Gasteiger partial charge in [0, 0.05) is 6.54 Å². The van der Waals surface area contributed by atoms with E-state index in [-0.39, 0.29) is 18.7 Å². The fraction of sp³-hybridized carbons (Fsp3) is 0.500. The van der Waals surface area contributed by atoms with Gasteiger partial charge in [0.2, 0.25) is 0 Å². The van der Waals surface area contributed by atoms with Crippen molar-refractivity contribution in [3.63, 3.8) is 0 Å². The summed E-state index contributed by atoms with van der Waals surface area (Å²) in [6.07, 6.45) is 0.641. The summed E-state index contributed by atoms with van der Waals surface area (Å²) in [7, 11) is 0. The molecule has 1 aliphatic rings. The van der Waals surface area contributed by atoms with E-state index in [0.717, 1.165) is 12.0 Å². The van der Waals surface area contributed by atoms with Crippen LogP contribution in [0.1, 0.15) is 25.3 Å². The summed E-state index contributed by atoms with van der Waals surface area (Å²) in [5.41, 5.74) is 0.971. The third-order valence-electron chi connectivity index (χ3n) is 3.37. The third-order valence-corrected chi connectivity index (χ3v) is 3.37. The molecule has 98 valence electrons. The van der Waals surface area contributed by atoms with Crippen LogP contribution >= 0.6 is 0 Å². The Labute approximate surface area is 107 Å². The number of hydrogen-bond acceptors (Lipinski definition) is 3. The molecule has 0 radical (unpaired) electrons. The number of carbonyl (C=O) groups is 1. The van der Waals surface area contributed by atoms with Crippen LogP contribution in [0.3, 0.4) is 0 Å². The Morgan fingerprint density at radius 2 is 2.17 bits per heavy atom. The molecule has 0 spiro atoms. The standard InChI is InChI=1S/C14H19NO3/c1-2-12-13(16)8-9-15(12)14(17)18-10-11-6-4-3-5-7-11/h3-7,12-13,16H,2,8-10H2,1H3/t12-,13-/m1/s1. The van der Waals surface area contributed by atoms with Crippen LogP contribution in [-0.2, 0) is 11.3 Å². The van der Waals surface area contributed by atoms with E-state index in [0.29, 0.717) is 13.0 Å². The van der Waals surface area contributed by atoms with E-state index in [2.05, 4.69) is 0 Å². The normalized spacial score (nSPS) is 23.1. The van der Waals surface area contributed by atoms with Crippen molar-refractivity contribution < 1.29 is 14.6 Å². The molecule has 1 aromatic carbocycles. The van der Waals surface area contributed by atoms with Crippen LogP contribution in [0.15, 0.2) is 30.3 Å². The minimum Gasteiger partial charge on any atom is -0.445 e. The molecule has 2 atom stereocenters. The highest BCUT2D eigenvalue weighted by molar-refractivity contribution is 5.68. The number of amides is 1. The fourth-order valence-corrected chi connectivity index (χ4v) is 2.36. The molecule has 0 aliphatic carbocycles. The predicted molar refractivity (Wildman–Crippen MR) is 68.0 cm³/mol. The molecule has 2 rings (SSSR count). The Kier molecular flexibility index (Phi) is 4.20. The summed E-state index contributed by atoms with van der Waals surface area (Å²) >= 11 is 0. The van der Waals surface area contributed by atoms with Crippen LogP contribution in [0.4, 0.5) is 4.79 Å². The number of benzene rings is 1. The maximum atomic E-state index is 11.9. The molecule has 1 fully saturated rings. The van der Waals surface area contributed by atoms with Crippen LogP contribution < -0.4 is 0 Å². The average Bonchev–Trinajstić information content (AvgIpc) is 2.78. The first-order valence-electron chi connectivity index (χ1n) is 6.37. The van der Waals surface area contributed by atoms with Crippen molar-refractivity contribution in [2.75, 3.05) is 6.54 Å². The molecule has 1 saturated heterocycles. The van der Waals surface area contributed by atoms with E-state index in [4.69, 9.17) is 4.74 Å². The summed E-state index contributed by atoms with van der Waals surface area (Å²) in [6, 6.07) is 9.49. The van der Waals surface area contributed by atoms with Crippen LogP contribution in [0, 0.1) is 0 Å². The highest BCUT2D eigenvalue weighted by atomic mass is 16.6. The zero-order valence-corrected chi connectivity index (χ0v) is 10.6. The Morgan fingerprint density at radius 1 is 1.44 bits per heavy atom. The monoisotopic (exact) mass is 249 g/mol. The predicted octanol–water partition coefficient (Wildman–Crippen LogP) is 2.17. The van der Waals surface area contributed by atoms with Gasteiger partial charge in [0.15, 0.2) is 0 Å². The van der Waals surface area contributed by atoms with Crippen molar-refractivity contribution in [2.24, 2.45) is 0 Å². The SMILES string of the molecule is CC[C@@H]1[C@H](O)CCN1C(=O)OCc1ccccc1. The van der Waals surface area contributed by atoms with Gasteiger partial charge in [-0.25, -0.2) is 4.79 Å². The minimum atomic E-state index is -0.417. The van der Waals surface area contributed by atoms with E-state index in [1.54, 1.807) is 4.90 Å². The topological polar surface area (TPSA) is 49.8 Å². The minimum absolute atomic E-state index is 0.103. The lowest BCUT2D eigenvalue weighted by atomic mass is 10.1. The van der Waals surface area contributed by atoms with Crippen LogP contribution in [0.25, 0.3) is 0 Å². The molecule has 1 N–H and O–H groups in total. The molecule has 18 heavy (non-hydrogen) atoms. The van der Waals surface area contributed by atoms with Crippen LogP contribution in [-0.4, -0.2) is 34.8 Å². The zero-order valence-electron chi connectivity index (χ0n) is 10.6. The van der Waals surface area contributed by atoms with Crippen LogP contribution in [0.2, 0.25) is 0 Å². The van der Waals surface area contributed by atoms with Gasteiger partial charge in [-0.1, -0.05) is 37.3 Å². The molecule has 0 unspecified atom stereocenters. The number of ether oxygens (including phenoxy) is 1. The summed E-state index contributed by atoms with van der Waals surface area (Å²) in [5, 5.41) is 9.74. The van der Waals surface area contributed by atoms with E-state index < -0.39 is 6.10 Å². The maximum absolute atomic E-state index is 11.9. The number of carbonyl (C=O) groups excluding carboxylic acids is 1. The number of rotatable bonds is 3. The van der Waals surface area contributed by atoms with Crippen molar-refractivity contribution in [3.05, 3.63) is 35.9 Å². The zero-order chi connectivity index (χ0) is 13.0. The lowest BCUT2D eigenvalue weighted by Gasteiger charge is -2.24. The second kappa shape index (κ2) is 5.87. The molecular weight excluding hydrogens is 230 g/mol. The Hall–Kier alpha value is -1.55. The van der Waals surface area contributed by atoms with Gasteiger partial charge in [-0.2, -0.15) is 0 Å². The molecule has 4 nitrogen and oxygen atoms in total. The highest BCUT2D eigenvalue weighted by Crippen LogP contribution is 2.21. The summed E-state index contributed by atoms with van der Waals surface area (Å²) in [5.74, 6) is 0. The smallest absolute Gasteiger partial charge is 0.410 e. The van der Waals surface area contributed by atoms with Crippen molar-refractivity contribution in [1.29, 1.82) is 0 Å². The largest absolute Gasteiger partial charge is 0.445 e. The van der Waals surface area contributed by atoms with Gasteiger partial charge >= 0.3 is 6.09 Å². The first-order valence-corrected chi connectivity index (χ1v) is 6.37. The second-order valence-corrected chi connectivity index (χ2v) is 4.57. The quantitative estimate of drug-likeness (QED) is 0.893. The number of aliphatic hydroxyl groups excluding tert-OH is 1. The Balaban J connectivity index is 1.88. The number of likely N-dealkylation sites (tertiary alicyclic amines) is 1. The van der Waals surface area contributed by atoms with E-state index in [9.17, 15) is 9.90 Å². The molecule has 1 heterocycles. The molecule has 4 heteroatoms. The second-order valence-electron chi connectivity index (χ2n) is 4.57. The fourth-order valence-electron chi connectivity index (χ4n) is 2.36. The lowest BCUT2D eigenvalue weighted by molar-refractivity contribution is 0.0705. The summed E-state index contributed by atoms with van der Waals surface area (Å²) < 4.78 is 5.27. The molecule has 1 aromatic rings. The van der Waals surface area contributed by atoms with Gasteiger partial charge in [-0.3, -0.25) is 0 Å². The maximum Gasteiger partial charge on any atom is 0.410 e. The highest BCUT2D eigenvalue weighted by Gasteiger charge is 2.35. The van der Waals surface area contributed by atoms with E-state index >= 15 is 0 Å². The van der Waals surface area contributed by atoms with Gasteiger partial charge in [0.25, 0.3) is 0 Å². The van der Waals surface area contributed by atoms with Gasteiger partial charge in [-0.15, -0.1) is 0 Å². The molecular formula is C14H19NO3. The van der Waals surface area contributed by atoms with Crippen molar-refractivity contribution in [3.8, 4) is 0 Å². The van der Waals surface area contributed by atoms with Crippen molar-refractivity contribution in [2.45, 2.75) is 38.5 Å². The van der Waals surface area contributed by atoms with Gasteiger partial charge in [0.05, 0.1) is 12.1 Å². The number of nitrogens with zero attached hydrogens (tertiary/aromatic N) is 1. The molecule has 0 saturated carbocycles. The summed E-state index contributed by atoms with van der Waals surface area (Å²) in [6.45, 7) is 2.83. The first-order chi connectivity index (χ1) is 8.72. The van der Waals surface area contributed by atoms with Crippen LogP contribution in [0.5, 0.6) is 0 Å². The van der Waals surface area contributed by atoms with Crippen molar-refractivity contribution >= 4 is 6.09 Å². The summed E-state index contributed by atoms with van der Waals surface area (Å²) in [4.78, 5) is 13.6. The Bertz CT molecular complexity index is 393. The van der Waals surface area contributed by atoms with E-state index in [1.807, 2.05) is 37.3 Å². The first kappa shape index (κ1) is 12.9. The molecule has 0 aromatic heterocycles. The average molecular weight is 249 g/mol. The third kappa shape index (κ3) is 2.82. The lowest BCUT2D eigenvalue weighted by Crippen LogP contribution is -2.39. The molecule has 1 amide bonds. The van der Waals surface area contributed by atoms with E-state index in [1.165, 1.54) is 0 Å². The van der Waals surface area contributed by atoms with Crippen molar-refractivity contribution in [1.82, 2.24) is 4.90 Å². The molecule has 1 aliphatic heterocycles. The van der Waals surface area contributed by atoms with Gasteiger partial charge in [-0.05, 0) is 18.4 Å². The Morgan fingerprint density at radius 3 is 2.83 bits per heavy atom. The number of hydrogen-bond donors (Lipinski definition) is 1.